The molecule has 0 radical (unpaired) electrons. The summed E-state index contributed by atoms with van der Waals surface area (Å²) in [5, 5.41) is 9.57. The number of benzene rings is 5. The number of nitrogens with zero attached hydrogens (tertiary/aromatic N) is 1. The molecule has 4 atom stereocenters. The Kier molecular flexibility index (Phi) is 9.05. The molecule has 2 heterocycles. The number of hydrogen-bond donors (Lipinski definition) is 1. The Morgan fingerprint density at radius 2 is 1.28 bits per heavy atom. The Morgan fingerprint density at radius 3 is 1.94 bits per heavy atom. The Balaban J connectivity index is 1.13. The average Bonchev–Trinajstić information content (AvgIpc) is 3.37. The summed E-state index contributed by atoms with van der Waals surface area (Å²) in [5.74, 6) is 0.337. The second-order valence-electron chi connectivity index (χ2n) is 12.0. The molecular weight excluding hydrogens is 607 g/mol. The van der Waals surface area contributed by atoms with Gasteiger partial charge in [-0.2, -0.15) is 0 Å². The van der Waals surface area contributed by atoms with Crippen LogP contribution in [0.1, 0.15) is 62.3 Å². The molecule has 2 aliphatic rings. The molecular formula is C40H35NO5S. The van der Waals surface area contributed by atoms with Crippen LogP contribution in [0.2, 0.25) is 0 Å². The Hall–Kier alpha value is -4.53. The van der Waals surface area contributed by atoms with E-state index in [9.17, 15) is 14.7 Å². The molecule has 2 aliphatic heterocycles. The fourth-order valence-electron chi connectivity index (χ4n) is 6.32. The van der Waals surface area contributed by atoms with Crippen LogP contribution >= 0.6 is 11.8 Å². The first-order valence-electron chi connectivity index (χ1n) is 15.8. The summed E-state index contributed by atoms with van der Waals surface area (Å²) in [5.41, 5.74) is 6.53. The zero-order chi connectivity index (χ0) is 32.3. The van der Waals surface area contributed by atoms with Gasteiger partial charge in [0.2, 0.25) is 0 Å². The van der Waals surface area contributed by atoms with Crippen LogP contribution < -0.4 is 0 Å². The second-order valence-corrected chi connectivity index (χ2v) is 13.1. The van der Waals surface area contributed by atoms with Crippen LogP contribution in [0.25, 0.3) is 11.1 Å². The smallest absolute Gasteiger partial charge is 0.261 e. The molecule has 5 aromatic carbocycles. The van der Waals surface area contributed by atoms with Crippen molar-refractivity contribution in [2.24, 2.45) is 5.92 Å². The van der Waals surface area contributed by atoms with E-state index in [0.29, 0.717) is 11.1 Å². The molecule has 47 heavy (non-hydrogen) atoms. The molecule has 5 aromatic rings. The number of hydrogen-bond acceptors (Lipinski definition) is 6. The van der Waals surface area contributed by atoms with Gasteiger partial charge >= 0.3 is 0 Å². The summed E-state index contributed by atoms with van der Waals surface area (Å²) < 4.78 is 13.3. The molecule has 0 aliphatic carbocycles. The van der Waals surface area contributed by atoms with E-state index < -0.39 is 6.29 Å². The van der Waals surface area contributed by atoms with E-state index in [0.717, 1.165) is 39.1 Å². The molecule has 0 spiro atoms. The van der Waals surface area contributed by atoms with Gasteiger partial charge in [-0.15, -0.1) is 11.8 Å². The van der Waals surface area contributed by atoms with Gasteiger partial charge in [0, 0.05) is 22.1 Å². The van der Waals surface area contributed by atoms with Crippen molar-refractivity contribution in [2.45, 2.75) is 43.5 Å². The van der Waals surface area contributed by atoms with E-state index in [1.807, 2.05) is 91.0 Å². The van der Waals surface area contributed by atoms with E-state index in [4.69, 9.17) is 9.47 Å². The molecule has 0 bridgehead atoms. The van der Waals surface area contributed by atoms with E-state index in [1.54, 1.807) is 36.0 Å². The maximum absolute atomic E-state index is 13.1. The molecule has 7 rings (SSSR count). The van der Waals surface area contributed by atoms with Crippen LogP contribution in [0.3, 0.4) is 0 Å². The summed E-state index contributed by atoms with van der Waals surface area (Å²) in [6, 6.07) is 41.3. The first-order valence-corrected chi connectivity index (χ1v) is 16.8. The minimum Gasteiger partial charge on any atom is -0.392 e. The summed E-state index contributed by atoms with van der Waals surface area (Å²) in [6.45, 7) is 2.36. The van der Waals surface area contributed by atoms with Crippen molar-refractivity contribution in [3.05, 3.63) is 161 Å². The van der Waals surface area contributed by atoms with Gasteiger partial charge in [-0.3, -0.25) is 14.5 Å². The lowest BCUT2D eigenvalue weighted by Crippen LogP contribution is -2.38. The zero-order valence-electron chi connectivity index (χ0n) is 26.0. The fraction of sp³-hybridized carbons (Fsp3) is 0.200. The summed E-state index contributed by atoms with van der Waals surface area (Å²) in [4.78, 5) is 28.7. The molecule has 0 saturated carbocycles. The number of ether oxygens (including phenoxy) is 2. The SMILES string of the molecule is CC1C(CSc2ccccc2)OC(c2ccc(-c3ccccc3CN3C(=O)c4ccccc4C3=O)cc2)OC1c1ccc(CO)cc1. The highest BCUT2D eigenvalue weighted by Gasteiger charge is 2.39. The van der Waals surface area contributed by atoms with Gasteiger partial charge in [-0.05, 0) is 52.1 Å². The number of carbonyl (C=O) groups excluding carboxylic acids is 2. The van der Waals surface area contributed by atoms with Crippen molar-refractivity contribution in [1.82, 2.24) is 4.90 Å². The number of aliphatic hydroxyl groups excluding tert-OH is 1. The molecule has 4 unspecified atom stereocenters. The predicted octanol–water partition coefficient (Wildman–Crippen LogP) is 8.23. The van der Waals surface area contributed by atoms with Gasteiger partial charge in [0.1, 0.15) is 0 Å². The third-order valence-electron chi connectivity index (χ3n) is 9.00. The second kappa shape index (κ2) is 13.7. The number of rotatable bonds is 9. The number of imide groups is 1. The first-order chi connectivity index (χ1) is 23.0. The highest BCUT2D eigenvalue weighted by atomic mass is 32.2. The van der Waals surface area contributed by atoms with Crippen molar-refractivity contribution in [3.63, 3.8) is 0 Å². The lowest BCUT2D eigenvalue weighted by Gasteiger charge is -2.41. The standard InChI is InChI=1S/C40H35NO5S/c1-26-36(25-47-32-10-3-2-4-11-32)45-40(46-37(26)29-17-15-27(24-42)16-18-29)30-21-19-28(20-22-30)33-12-6-5-9-31(33)23-41-38(43)34-13-7-8-14-35(34)39(41)44/h2-22,26,36-37,40,42H,23-25H2,1H3. The van der Waals surface area contributed by atoms with Crippen LogP contribution in [-0.2, 0) is 22.6 Å². The largest absolute Gasteiger partial charge is 0.392 e. The number of amides is 2. The average molecular weight is 642 g/mol. The zero-order valence-corrected chi connectivity index (χ0v) is 26.8. The lowest BCUT2D eigenvalue weighted by molar-refractivity contribution is -0.268. The van der Waals surface area contributed by atoms with Gasteiger partial charge in [0.15, 0.2) is 6.29 Å². The first kappa shape index (κ1) is 31.1. The minimum atomic E-state index is -0.572. The van der Waals surface area contributed by atoms with Gasteiger partial charge in [-0.1, -0.05) is 110 Å². The molecule has 1 N–H and O–H groups in total. The van der Waals surface area contributed by atoms with Crippen LogP contribution in [0.15, 0.2) is 132 Å². The topological polar surface area (TPSA) is 76.1 Å². The molecule has 2 amide bonds. The maximum atomic E-state index is 13.1. The summed E-state index contributed by atoms with van der Waals surface area (Å²) in [6.07, 6.45) is -0.831. The third-order valence-corrected chi connectivity index (χ3v) is 10.1. The van der Waals surface area contributed by atoms with Gasteiger partial charge in [-0.25, -0.2) is 0 Å². The van der Waals surface area contributed by atoms with Gasteiger partial charge in [0.05, 0.1) is 36.5 Å². The highest BCUT2D eigenvalue weighted by Crippen LogP contribution is 2.43. The van der Waals surface area contributed by atoms with E-state index in [2.05, 4.69) is 19.1 Å². The van der Waals surface area contributed by atoms with Gasteiger partial charge < -0.3 is 14.6 Å². The summed E-state index contributed by atoms with van der Waals surface area (Å²) >= 11 is 1.78. The number of carbonyl (C=O) groups is 2. The van der Waals surface area contributed by atoms with E-state index in [1.165, 1.54) is 9.80 Å². The summed E-state index contributed by atoms with van der Waals surface area (Å²) in [7, 11) is 0. The van der Waals surface area contributed by atoms with Crippen LogP contribution in [0.4, 0.5) is 0 Å². The number of fused-ring (bicyclic) bond motifs is 1. The Labute approximate surface area is 279 Å². The maximum Gasteiger partial charge on any atom is 0.261 e. The molecule has 1 fully saturated rings. The van der Waals surface area contributed by atoms with Crippen LogP contribution in [-0.4, -0.2) is 33.7 Å². The van der Waals surface area contributed by atoms with E-state index >= 15 is 0 Å². The molecule has 236 valence electrons. The number of aliphatic hydroxyl groups is 1. The van der Waals surface area contributed by atoms with Crippen molar-refractivity contribution < 1.29 is 24.2 Å². The van der Waals surface area contributed by atoms with Crippen molar-refractivity contribution in [2.75, 3.05) is 5.75 Å². The molecule has 1 saturated heterocycles. The molecule has 0 aromatic heterocycles. The van der Waals surface area contributed by atoms with Crippen LogP contribution in [0.5, 0.6) is 0 Å². The van der Waals surface area contributed by atoms with Crippen molar-refractivity contribution in [3.8, 4) is 11.1 Å². The lowest BCUT2D eigenvalue weighted by atomic mass is 9.91. The normalized spacial score (nSPS) is 20.8. The number of thioether (sulfide) groups is 1. The predicted molar refractivity (Wildman–Crippen MR) is 183 cm³/mol. The highest BCUT2D eigenvalue weighted by molar-refractivity contribution is 7.99. The van der Waals surface area contributed by atoms with E-state index in [-0.39, 0.29) is 43.1 Å². The third kappa shape index (κ3) is 6.40. The molecule has 7 heteroatoms. The monoisotopic (exact) mass is 641 g/mol. The van der Waals surface area contributed by atoms with Crippen molar-refractivity contribution in [1.29, 1.82) is 0 Å². The fourth-order valence-corrected chi connectivity index (χ4v) is 7.41. The van der Waals surface area contributed by atoms with Gasteiger partial charge in [0.25, 0.3) is 11.8 Å². The Bertz CT molecular complexity index is 1840. The Morgan fingerprint density at radius 1 is 0.681 bits per heavy atom. The molecule has 6 nitrogen and oxygen atoms in total. The van der Waals surface area contributed by atoms with Crippen LogP contribution in [0, 0.1) is 5.92 Å². The quantitative estimate of drug-likeness (QED) is 0.129. The van der Waals surface area contributed by atoms with Crippen molar-refractivity contribution >= 4 is 23.6 Å². The minimum absolute atomic E-state index is 0.00277.